The fourth-order valence-corrected chi connectivity index (χ4v) is 6.20. The Kier molecular flexibility index (Phi) is 7.09. The van der Waals surface area contributed by atoms with Gasteiger partial charge in [0.15, 0.2) is 21.3 Å². The summed E-state index contributed by atoms with van der Waals surface area (Å²) >= 11 is 0. The van der Waals surface area contributed by atoms with Crippen LogP contribution in [0.4, 0.5) is 5.82 Å². The number of aromatic nitrogens is 4. The van der Waals surface area contributed by atoms with Crippen LogP contribution in [0.3, 0.4) is 0 Å². The third-order valence-corrected chi connectivity index (χ3v) is 9.14. The molecule has 0 aliphatic carbocycles. The van der Waals surface area contributed by atoms with Crippen LogP contribution in [0.25, 0.3) is 34.3 Å². The molecule has 4 aromatic rings. The van der Waals surface area contributed by atoms with E-state index in [9.17, 15) is 8.42 Å². The summed E-state index contributed by atoms with van der Waals surface area (Å²) in [5.74, 6) is 0.627. The minimum absolute atomic E-state index is 0.143. The zero-order chi connectivity index (χ0) is 26.8. The van der Waals surface area contributed by atoms with Crippen molar-refractivity contribution >= 4 is 15.7 Å². The summed E-state index contributed by atoms with van der Waals surface area (Å²) in [6.07, 6.45) is 3.05. The molecule has 0 amide bonds. The van der Waals surface area contributed by atoms with Crippen molar-refractivity contribution in [3.8, 4) is 34.3 Å². The standard InChI is InChI=1S/C27H28N6O5S/c28-25-24(27-33-32-26(38-27)19-3-1-17(2-4-19)13-29-20-9-11-36-15-20)31-23(14-30-25)18-5-7-21(8-6-18)39(34,35)22-10-12-37-16-22/h1-8,14,20,22,29H,9-13,15-16H2,(H2,28,30). The summed E-state index contributed by atoms with van der Waals surface area (Å²) in [6, 6.07) is 14.8. The van der Waals surface area contributed by atoms with E-state index in [-0.39, 0.29) is 28.9 Å². The normalized spacial score (nSPS) is 19.5. The van der Waals surface area contributed by atoms with E-state index in [2.05, 4.69) is 25.5 Å². The second kappa shape index (κ2) is 10.8. The fraction of sp³-hybridized carbons (Fsp3) is 0.333. The number of nitrogen functional groups attached to an aromatic ring is 1. The van der Waals surface area contributed by atoms with Crippen molar-refractivity contribution in [1.29, 1.82) is 0 Å². The second-order valence-electron chi connectivity index (χ2n) is 9.59. The first kappa shape index (κ1) is 25.6. The number of nitrogens with two attached hydrogens (primary N) is 1. The summed E-state index contributed by atoms with van der Waals surface area (Å²) in [5.41, 5.74) is 9.44. The number of ether oxygens (including phenoxy) is 2. The van der Waals surface area contributed by atoms with Crippen molar-refractivity contribution in [2.75, 3.05) is 32.2 Å². The highest BCUT2D eigenvalue weighted by Crippen LogP contribution is 2.29. The smallest absolute Gasteiger partial charge is 0.270 e. The summed E-state index contributed by atoms with van der Waals surface area (Å²) in [5, 5.41) is 11.3. The van der Waals surface area contributed by atoms with Crippen molar-refractivity contribution in [1.82, 2.24) is 25.5 Å². The molecule has 2 fully saturated rings. The molecule has 3 N–H and O–H groups in total. The lowest BCUT2D eigenvalue weighted by molar-refractivity contribution is 0.190. The number of benzene rings is 2. The Morgan fingerprint density at radius 2 is 1.62 bits per heavy atom. The quantitative estimate of drug-likeness (QED) is 0.334. The SMILES string of the molecule is Nc1ncc(-c2ccc(S(=O)(=O)C3CCOC3)cc2)nc1-c1nnc(-c2ccc(CNC3CCOC3)cc2)o1. The molecule has 0 radical (unpaired) electrons. The molecule has 0 saturated carbocycles. The summed E-state index contributed by atoms with van der Waals surface area (Å²) < 4.78 is 42.2. The van der Waals surface area contributed by atoms with Crippen LogP contribution in [0, 0.1) is 0 Å². The van der Waals surface area contributed by atoms with Gasteiger partial charge in [-0.1, -0.05) is 24.3 Å². The van der Waals surface area contributed by atoms with Crippen molar-refractivity contribution < 1.29 is 22.3 Å². The maximum atomic E-state index is 12.8. The van der Waals surface area contributed by atoms with E-state index in [4.69, 9.17) is 19.6 Å². The van der Waals surface area contributed by atoms with Crippen molar-refractivity contribution in [2.24, 2.45) is 0 Å². The number of sulfone groups is 1. The minimum Gasteiger partial charge on any atom is -0.414 e. The zero-order valence-corrected chi connectivity index (χ0v) is 21.9. The molecule has 202 valence electrons. The number of nitrogens with one attached hydrogen (secondary N) is 1. The molecule has 2 atom stereocenters. The largest absolute Gasteiger partial charge is 0.414 e. The molecule has 6 rings (SSSR count). The Morgan fingerprint density at radius 1 is 0.897 bits per heavy atom. The fourth-order valence-electron chi connectivity index (χ4n) is 4.62. The van der Waals surface area contributed by atoms with Gasteiger partial charge >= 0.3 is 0 Å². The van der Waals surface area contributed by atoms with Crippen molar-refractivity contribution in [3.05, 3.63) is 60.3 Å². The Labute approximate surface area is 225 Å². The van der Waals surface area contributed by atoms with Gasteiger partial charge in [-0.2, -0.15) is 0 Å². The van der Waals surface area contributed by atoms with E-state index in [0.717, 1.165) is 37.3 Å². The van der Waals surface area contributed by atoms with Gasteiger partial charge in [0.1, 0.15) is 0 Å². The van der Waals surface area contributed by atoms with E-state index in [1.165, 1.54) is 6.20 Å². The average Bonchev–Trinajstić information content (AvgIpc) is 3.76. The van der Waals surface area contributed by atoms with Crippen LogP contribution in [0.5, 0.6) is 0 Å². The Hall–Kier alpha value is -3.71. The Bertz CT molecular complexity index is 1540. The monoisotopic (exact) mass is 548 g/mol. The molecule has 2 aromatic carbocycles. The first-order valence-electron chi connectivity index (χ1n) is 12.8. The van der Waals surface area contributed by atoms with Crippen LogP contribution in [-0.4, -0.2) is 66.3 Å². The van der Waals surface area contributed by atoms with E-state index >= 15 is 0 Å². The molecule has 0 spiro atoms. The maximum Gasteiger partial charge on any atom is 0.270 e. The topological polar surface area (TPSA) is 155 Å². The van der Waals surface area contributed by atoms with Gasteiger partial charge in [0.05, 0.1) is 35.2 Å². The van der Waals surface area contributed by atoms with Gasteiger partial charge < -0.3 is 24.9 Å². The molecule has 2 aliphatic heterocycles. The Balaban J connectivity index is 1.18. The second-order valence-corrected chi connectivity index (χ2v) is 11.8. The number of hydrogen-bond donors (Lipinski definition) is 2. The van der Waals surface area contributed by atoms with Gasteiger partial charge in [-0.05, 0) is 42.7 Å². The summed E-state index contributed by atoms with van der Waals surface area (Å²) in [6.45, 7) is 2.99. The highest BCUT2D eigenvalue weighted by molar-refractivity contribution is 7.92. The number of anilines is 1. The van der Waals surface area contributed by atoms with Crippen molar-refractivity contribution in [3.63, 3.8) is 0 Å². The predicted octanol–water partition coefficient (Wildman–Crippen LogP) is 2.88. The molecule has 4 heterocycles. The number of hydrogen-bond acceptors (Lipinski definition) is 11. The highest BCUT2D eigenvalue weighted by atomic mass is 32.2. The Morgan fingerprint density at radius 3 is 2.33 bits per heavy atom. The van der Waals surface area contributed by atoms with E-state index in [0.29, 0.717) is 36.2 Å². The van der Waals surface area contributed by atoms with Crippen LogP contribution in [-0.2, 0) is 25.9 Å². The summed E-state index contributed by atoms with van der Waals surface area (Å²) in [4.78, 5) is 9.09. The lowest BCUT2D eigenvalue weighted by Crippen LogP contribution is -2.28. The molecule has 11 nitrogen and oxygen atoms in total. The highest BCUT2D eigenvalue weighted by Gasteiger charge is 2.31. The van der Waals surface area contributed by atoms with Gasteiger partial charge in [0, 0.05) is 36.9 Å². The lowest BCUT2D eigenvalue weighted by atomic mass is 10.1. The number of nitrogens with zero attached hydrogens (tertiary/aromatic N) is 4. The predicted molar refractivity (Wildman–Crippen MR) is 143 cm³/mol. The van der Waals surface area contributed by atoms with Gasteiger partial charge in [-0.15, -0.1) is 10.2 Å². The molecule has 2 saturated heterocycles. The molecule has 2 aliphatic rings. The molecule has 2 aromatic heterocycles. The third-order valence-electron chi connectivity index (χ3n) is 6.96. The maximum absolute atomic E-state index is 12.8. The van der Waals surface area contributed by atoms with E-state index < -0.39 is 15.1 Å². The van der Waals surface area contributed by atoms with Gasteiger partial charge in [0.25, 0.3) is 5.89 Å². The van der Waals surface area contributed by atoms with Crippen LogP contribution < -0.4 is 11.1 Å². The van der Waals surface area contributed by atoms with E-state index in [1.807, 2.05) is 24.3 Å². The molecule has 12 heteroatoms. The van der Waals surface area contributed by atoms with Crippen LogP contribution in [0.2, 0.25) is 0 Å². The zero-order valence-electron chi connectivity index (χ0n) is 21.1. The molecular weight excluding hydrogens is 520 g/mol. The van der Waals surface area contributed by atoms with Crippen LogP contribution >= 0.6 is 0 Å². The van der Waals surface area contributed by atoms with Crippen LogP contribution in [0.15, 0.2) is 64.0 Å². The van der Waals surface area contributed by atoms with Crippen molar-refractivity contribution in [2.45, 2.75) is 35.6 Å². The molecular formula is C27H28N6O5S. The molecule has 0 bridgehead atoms. The lowest BCUT2D eigenvalue weighted by Gasteiger charge is -2.10. The van der Waals surface area contributed by atoms with E-state index in [1.54, 1.807) is 24.3 Å². The molecule has 39 heavy (non-hydrogen) atoms. The van der Waals surface area contributed by atoms with Gasteiger partial charge in [-0.25, -0.2) is 18.4 Å². The minimum atomic E-state index is -3.45. The number of rotatable bonds is 8. The van der Waals surface area contributed by atoms with Gasteiger partial charge in [0.2, 0.25) is 5.89 Å². The van der Waals surface area contributed by atoms with Crippen LogP contribution in [0.1, 0.15) is 18.4 Å². The summed E-state index contributed by atoms with van der Waals surface area (Å²) in [7, 11) is -3.45. The first-order chi connectivity index (χ1) is 19.0. The first-order valence-corrected chi connectivity index (χ1v) is 14.3. The third kappa shape index (κ3) is 5.41. The molecule has 2 unspecified atom stereocenters. The van der Waals surface area contributed by atoms with Gasteiger partial charge in [-0.3, -0.25) is 0 Å². The average molecular weight is 549 g/mol.